The summed E-state index contributed by atoms with van der Waals surface area (Å²) in [5.74, 6) is 0. The van der Waals surface area contributed by atoms with Crippen molar-refractivity contribution in [2.24, 2.45) is 0 Å². The monoisotopic (exact) mass is 228 g/mol. The molecule has 2 unspecified atom stereocenters. The molecule has 0 bridgehead atoms. The number of nitrogens with one attached hydrogen (secondary N) is 2. The summed E-state index contributed by atoms with van der Waals surface area (Å²) in [5, 5.41) is 6.06. The summed E-state index contributed by atoms with van der Waals surface area (Å²) in [4.78, 5) is 11.4. The molecule has 0 radical (unpaired) electrons. The third-order valence-corrected chi connectivity index (χ3v) is 3.06. The smallest absolute Gasteiger partial charge is 0.407 e. The lowest BCUT2D eigenvalue weighted by Crippen LogP contribution is -2.47. The molecule has 1 saturated carbocycles. The van der Waals surface area contributed by atoms with Crippen LogP contribution in [0.4, 0.5) is 4.79 Å². The number of alkyl carbamates (subject to hydrolysis) is 1. The number of rotatable bonds is 3. The molecule has 92 valence electrons. The quantitative estimate of drug-likeness (QED) is 0.744. The van der Waals surface area contributed by atoms with Gasteiger partial charge in [-0.2, -0.15) is 0 Å². The van der Waals surface area contributed by atoms with Crippen molar-refractivity contribution in [1.29, 1.82) is 0 Å². The number of carbonyl (C=O) groups is 1. The maximum atomic E-state index is 11.4. The van der Waals surface area contributed by atoms with Crippen molar-refractivity contribution in [3.8, 4) is 0 Å². The van der Waals surface area contributed by atoms with Crippen molar-refractivity contribution in [2.45, 2.75) is 44.4 Å². The number of hydrogen-bond acceptors (Lipinski definition) is 4. The Morgan fingerprint density at radius 1 is 1.50 bits per heavy atom. The van der Waals surface area contributed by atoms with Gasteiger partial charge in [0.15, 0.2) is 0 Å². The highest BCUT2D eigenvalue weighted by molar-refractivity contribution is 5.67. The van der Waals surface area contributed by atoms with E-state index in [1.807, 2.05) is 6.92 Å². The van der Waals surface area contributed by atoms with Gasteiger partial charge in [-0.25, -0.2) is 4.79 Å². The van der Waals surface area contributed by atoms with Gasteiger partial charge < -0.3 is 20.1 Å². The molecule has 0 aromatic carbocycles. The minimum absolute atomic E-state index is 0.0177. The summed E-state index contributed by atoms with van der Waals surface area (Å²) >= 11 is 0. The van der Waals surface area contributed by atoms with E-state index in [0.717, 1.165) is 25.9 Å². The summed E-state index contributed by atoms with van der Waals surface area (Å²) < 4.78 is 10.7. The van der Waals surface area contributed by atoms with Gasteiger partial charge in [0.05, 0.1) is 6.10 Å². The van der Waals surface area contributed by atoms with Crippen LogP contribution in [0.5, 0.6) is 0 Å². The average Bonchev–Trinajstić information content (AvgIpc) is 2.21. The van der Waals surface area contributed by atoms with Crippen molar-refractivity contribution in [3.63, 3.8) is 0 Å². The fraction of sp³-hybridized carbons (Fsp3) is 0.909. The summed E-state index contributed by atoms with van der Waals surface area (Å²) in [6, 6.07) is 0.330. The minimum atomic E-state index is -0.313. The molecule has 2 N–H and O–H groups in total. The molecule has 2 fully saturated rings. The zero-order chi connectivity index (χ0) is 11.4. The second-order valence-corrected chi connectivity index (χ2v) is 4.60. The van der Waals surface area contributed by atoms with Crippen molar-refractivity contribution >= 4 is 6.09 Å². The van der Waals surface area contributed by atoms with Gasteiger partial charge in [-0.15, -0.1) is 0 Å². The highest BCUT2D eigenvalue weighted by Gasteiger charge is 2.22. The second kappa shape index (κ2) is 5.50. The maximum absolute atomic E-state index is 11.4. The van der Waals surface area contributed by atoms with Crippen molar-refractivity contribution < 1.29 is 14.3 Å². The average molecular weight is 228 g/mol. The first-order chi connectivity index (χ1) is 7.74. The highest BCUT2D eigenvalue weighted by atomic mass is 16.6. The first kappa shape index (κ1) is 11.7. The fourth-order valence-corrected chi connectivity index (χ4v) is 1.90. The normalized spacial score (nSPS) is 30.6. The summed E-state index contributed by atoms with van der Waals surface area (Å²) in [6.07, 6.45) is 3.22. The fourth-order valence-electron chi connectivity index (χ4n) is 1.90. The standard InChI is InChI=1S/C11H20N2O3/c1-8-5-12-6-10(16-8)7-15-11(14)13-9-3-2-4-9/h8-10,12H,2-7H2,1H3,(H,13,14). The number of carbonyl (C=O) groups excluding carboxylic acids is 1. The Bertz CT molecular complexity index is 243. The molecule has 5 heteroatoms. The Morgan fingerprint density at radius 2 is 2.31 bits per heavy atom. The molecule has 1 heterocycles. The molecule has 5 nitrogen and oxygen atoms in total. The molecule has 2 aliphatic rings. The minimum Gasteiger partial charge on any atom is -0.447 e. The Hall–Kier alpha value is -0.810. The first-order valence-electron chi connectivity index (χ1n) is 6.03. The van der Waals surface area contributed by atoms with Gasteiger partial charge in [0.1, 0.15) is 12.7 Å². The molecular weight excluding hydrogens is 208 g/mol. The maximum Gasteiger partial charge on any atom is 0.407 e. The molecule has 0 aromatic heterocycles. The van der Waals surface area contributed by atoms with Gasteiger partial charge in [-0.05, 0) is 26.2 Å². The Morgan fingerprint density at radius 3 is 2.94 bits per heavy atom. The number of morpholine rings is 1. The largest absolute Gasteiger partial charge is 0.447 e. The van der Waals surface area contributed by atoms with E-state index in [4.69, 9.17) is 9.47 Å². The Kier molecular flexibility index (Phi) is 4.01. The van der Waals surface area contributed by atoms with Crippen LogP contribution in [0.25, 0.3) is 0 Å². The van der Waals surface area contributed by atoms with Crippen LogP contribution >= 0.6 is 0 Å². The lowest BCUT2D eigenvalue weighted by atomic mass is 9.93. The second-order valence-electron chi connectivity index (χ2n) is 4.60. The van der Waals surface area contributed by atoms with E-state index in [9.17, 15) is 4.79 Å². The van der Waals surface area contributed by atoms with E-state index < -0.39 is 0 Å². The van der Waals surface area contributed by atoms with E-state index in [-0.39, 0.29) is 18.3 Å². The molecule has 16 heavy (non-hydrogen) atoms. The van der Waals surface area contributed by atoms with Gasteiger partial charge >= 0.3 is 6.09 Å². The first-order valence-corrected chi connectivity index (χ1v) is 6.03. The molecule has 2 atom stereocenters. The van der Waals surface area contributed by atoms with Gasteiger partial charge in [0, 0.05) is 19.1 Å². The molecule has 1 amide bonds. The summed E-state index contributed by atoms with van der Waals surface area (Å²) in [5.41, 5.74) is 0. The van der Waals surface area contributed by atoms with E-state index in [0.29, 0.717) is 12.6 Å². The molecule has 1 aliphatic carbocycles. The van der Waals surface area contributed by atoms with Crippen LogP contribution in [0.3, 0.4) is 0 Å². The molecule has 1 aliphatic heterocycles. The van der Waals surface area contributed by atoms with Gasteiger partial charge in [0.25, 0.3) is 0 Å². The third kappa shape index (κ3) is 3.35. The Labute approximate surface area is 95.9 Å². The molecule has 2 rings (SSSR count). The Balaban J connectivity index is 1.60. The molecular formula is C11H20N2O3. The van der Waals surface area contributed by atoms with Crippen LogP contribution in [0, 0.1) is 0 Å². The van der Waals surface area contributed by atoms with Gasteiger partial charge in [0.2, 0.25) is 0 Å². The van der Waals surface area contributed by atoms with Crippen LogP contribution < -0.4 is 10.6 Å². The van der Waals surface area contributed by atoms with Crippen LogP contribution in [0.15, 0.2) is 0 Å². The molecule has 0 aromatic rings. The summed E-state index contributed by atoms with van der Waals surface area (Å²) in [6.45, 7) is 3.95. The van der Waals surface area contributed by atoms with E-state index in [1.54, 1.807) is 0 Å². The molecule has 0 spiro atoms. The van der Waals surface area contributed by atoms with E-state index >= 15 is 0 Å². The number of ether oxygens (including phenoxy) is 2. The zero-order valence-corrected chi connectivity index (χ0v) is 9.70. The number of amides is 1. The van der Waals surface area contributed by atoms with Crippen molar-refractivity contribution in [1.82, 2.24) is 10.6 Å². The SMILES string of the molecule is CC1CNCC(COC(=O)NC2CCC2)O1. The van der Waals surface area contributed by atoms with Crippen LogP contribution in [0.2, 0.25) is 0 Å². The van der Waals surface area contributed by atoms with Crippen molar-refractivity contribution in [3.05, 3.63) is 0 Å². The van der Waals surface area contributed by atoms with Gasteiger partial charge in [-0.1, -0.05) is 0 Å². The van der Waals surface area contributed by atoms with Crippen LogP contribution in [0.1, 0.15) is 26.2 Å². The van der Waals surface area contributed by atoms with Crippen molar-refractivity contribution in [2.75, 3.05) is 19.7 Å². The lowest BCUT2D eigenvalue weighted by molar-refractivity contribution is -0.0550. The summed E-state index contributed by atoms with van der Waals surface area (Å²) in [7, 11) is 0. The zero-order valence-electron chi connectivity index (χ0n) is 9.70. The van der Waals surface area contributed by atoms with Gasteiger partial charge in [-0.3, -0.25) is 0 Å². The lowest BCUT2D eigenvalue weighted by Gasteiger charge is -2.29. The van der Waals surface area contributed by atoms with Crippen LogP contribution in [-0.4, -0.2) is 44.0 Å². The van der Waals surface area contributed by atoms with E-state index in [2.05, 4.69) is 10.6 Å². The van der Waals surface area contributed by atoms with Crippen LogP contribution in [-0.2, 0) is 9.47 Å². The predicted molar refractivity (Wildman–Crippen MR) is 59.3 cm³/mol. The molecule has 1 saturated heterocycles. The topological polar surface area (TPSA) is 59.6 Å². The highest BCUT2D eigenvalue weighted by Crippen LogP contribution is 2.17. The van der Waals surface area contributed by atoms with E-state index in [1.165, 1.54) is 6.42 Å². The third-order valence-electron chi connectivity index (χ3n) is 3.06. The predicted octanol–water partition coefficient (Wildman–Crippen LogP) is 0.642. The number of hydrogen-bond donors (Lipinski definition) is 2.